The number of aromatic amines is 1. The molecule has 7 heterocycles. The summed E-state index contributed by atoms with van der Waals surface area (Å²) in [6.45, 7) is 0. The molecule has 16 nitrogen and oxygen atoms in total. The summed E-state index contributed by atoms with van der Waals surface area (Å²) < 4.78 is 100. The van der Waals surface area contributed by atoms with Gasteiger partial charge in [-0.1, -0.05) is 23.2 Å². The predicted octanol–water partition coefficient (Wildman–Crippen LogP) is 10.8. The van der Waals surface area contributed by atoms with Crippen LogP contribution in [0.1, 0.15) is 69.8 Å². The van der Waals surface area contributed by atoms with E-state index in [1.54, 1.807) is 30.6 Å². The van der Waals surface area contributed by atoms with Crippen molar-refractivity contribution < 1.29 is 64.8 Å². The Morgan fingerprint density at radius 2 is 1.18 bits per heavy atom. The van der Waals surface area contributed by atoms with Crippen molar-refractivity contribution in [1.82, 2.24) is 19.9 Å². The van der Waals surface area contributed by atoms with E-state index in [1.807, 2.05) is 30.3 Å². The Balaban J connectivity index is 0.000000134. The first-order valence-electron chi connectivity index (χ1n) is 22.6. The van der Waals surface area contributed by atoms with E-state index in [-0.39, 0.29) is 63.7 Å². The van der Waals surface area contributed by atoms with Crippen molar-refractivity contribution >= 4 is 75.0 Å². The second kappa shape index (κ2) is 17.9. The number of amides is 2. The molecule has 0 radical (unpaired) electrons. The zero-order valence-electron chi connectivity index (χ0n) is 37.7. The average Bonchev–Trinajstić information content (AvgIpc) is 4.05. The molecular weight excluding hydrogens is 1030 g/mol. The lowest BCUT2D eigenvalue weighted by Crippen LogP contribution is -2.20. The number of nitrogens with two attached hydrogens (primary N) is 2. The molecule has 13 rings (SSSR count). The van der Waals surface area contributed by atoms with E-state index < -0.39 is 40.4 Å². The Bertz CT molecular complexity index is 3500. The number of hydrogen-bond acceptors (Lipinski definition) is 12. The Hall–Kier alpha value is -7.98. The highest BCUT2D eigenvalue weighted by molar-refractivity contribution is 6.32. The summed E-state index contributed by atoms with van der Waals surface area (Å²) in [5, 5.41) is 13.9. The van der Waals surface area contributed by atoms with Crippen LogP contribution in [0.5, 0.6) is 34.5 Å². The van der Waals surface area contributed by atoms with Gasteiger partial charge in [-0.25, -0.2) is 15.0 Å². The molecule has 24 heteroatoms. The third kappa shape index (κ3) is 9.01. The van der Waals surface area contributed by atoms with Gasteiger partial charge < -0.3 is 51.1 Å². The van der Waals surface area contributed by atoms with Gasteiger partial charge in [-0.2, -0.15) is 26.3 Å². The van der Waals surface area contributed by atoms with Crippen LogP contribution in [-0.2, 0) is 39.6 Å². The normalized spacial score (nSPS) is 21.2. The van der Waals surface area contributed by atoms with Crippen LogP contribution in [0.2, 0.25) is 10.0 Å². The fraction of sp³-hybridized carbons (Fsp3) is 0.240. The maximum absolute atomic E-state index is 13.2. The van der Waals surface area contributed by atoms with Gasteiger partial charge in [0.25, 0.3) is 0 Å². The molecular formula is C50H36Cl2F6N8O8. The number of carbonyl (C=O) groups is 3. The molecule has 0 saturated heterocycles. The lowest BCUT2D eigenvalue weighted by Gasteiger charge is -2.19. The van der Waals surface area contributed by atoms with Gasteiger partial charge in [0.05, 0.1) is 49.5 Å². The van der Waals surface area contributed by atoms with Gasteiger partial charge in [-0.05, 0) is 85.6 Å². The van der Waals surface area contributed by atoms with Crippen molar-refractivity contribution in [1.29, 1.82) is 0 Å². The number of halogens is 8. The number of pyridine rings is 2. The zero-order valence-corrected chi connectivity index (χ0v) is 39.2. The molecule has 6 atom stereocenters. The number of aromatic nitrogens is 4. The standard InChI is InChI=1S/C25H16ClF3N4O3.C18H14N2O5.C7H6ClF3N2/c26-14-9-16-15(8-13(14)25(27,28)29)31-24(32-16)21-20-12-7-10(1-3-17(12)36-22(20)21)35-18-5-6-30-23-11(18)2-4-19(34)33-23;21-13-4-2-9-12(5-6-19-17(9)20-13)24-8-1-3-11-10(7-8)14-15(18(22)23)16(14)25-11;8-4-2-6(13)5(12)1-3(4)7(9,10)11/h1,3,5-9,20-22H,2,4H2,(H,31,32)(H,30,33,34);1,3,5-7,14-16H,2,4H2,(H,22,23)(H,19,20,21);1-2H,12-13H2. The van der Waals surface area contributed by atoms with Crippen molar-refractivity contribution in [3.05, 3.63) is 134 Å². The fourth-order valence-electron chi connectivity index (χ4n) is 9.64. The average molecular weight is 1060 g/mol. The second-order valence-electron chi connectivity index (χ2n) is 18.0. The molecule has 7 aromatic rings. The molecule has 0 bridgehead atoms. The number of nitrogens with zero attached hydrogens (tertiary/aromatic N) is 3. The number of fused-ring (bicyclic) bond motifs is 9. The van der Waals surface area contributed by atoms with Crippen LogP contribution >= 0.6 is 23.2 Å². The van der Waals surface area contributed by atoms with Crippen molar-refractivity contribution in [2.45, 2.75) is 68.0 Å². The van der Waals surface area contributed by atoms with Crippen LogP contribution in [0.25, 0.3) is 11.0 Å². The number of nitrogen functional groups attached to an aromatic ring is 2. The second-order valence-corrected chi connectivity index (χ2v) is 18.8. The SMILES string of the molecule is Nc1cc(Cl)c(C(F)(F)F)cc1N.O=C1CCc2c(Oc3ccc4c(c3)C3C(O4)C3C(=O)O)ccnc2N1.O=C1CCc2c(Oc3ccc4c(c3)C3C(O4)C3c3nc4cc(Cl)c(C(F)(F)F)cc4[nH]3)ccnc2N1. The van der Waals surface area contributed by atoms with E-state index in [4.69, 9.17) is 53.6 Å². The van der Waals surface area contributed by atoms with Gasteiger partial charge in [-0.3, -0.25) is 14.4 Å². The van der Waals surface area contributed by atoms with Crippen LogP contribution < -0.4 is 41.0 Å². The third-order valence-corrected chi connectivity index (χ3v) is 13.9. The van der Waals surface area contributed by atoms with Gasteiger partial charge in [0.15, 0.2) is 0 Å². The third-order valence-electron chi connectivity index (χ3n) is 13.3. The number of imidazole rings is 1. The number of rotatable bonds is 6. The van der Waals surface area contributed by atoms with Crippen molar-refractivity contribution in [2.75, 3.05) is 22.1 Å². The summed E-state index contributed by atoms with van der Waals surface area (Å²) in [4.78, 5) is 50.3. The van der Waals surface area contributed by atoms with E-state index in [1.165, 1.54) is 6.07 Å². The first-order valence-corrected chi connectivity index (χ1v) is 23.4. The number of H-pyrrole nitrogens is 1. The summed E-state index contributed by atoms with van der Waals surface area (Å²) in [6.07, 6.45) is -4.41. The molecule has 6 aliphatic rings. The fourth-order valence-corrected chi connectivity index (χ4v) is 10.2. The summed E-state index contributed by atoms with van der Waals surface area (Å²) >= 11 is 11.2. The number of benzene rings is 4. The quantitative estimate of drug-likeness (QED) is 0.0672. The minimum absolute atomic E-state index is 0.00677. The van der Waals surface area contributed by atoms with Crippen LogP contribution in [0.3, 0.4) is 0 Å². The smallest absolute Gasteiger partial charge is 0.417 e. The van der Waals surface area contributed by atoms with Crippen LogP contribution in [0.4, 0.5) is 49.4 Å². The molecule has 8 N–H and O–H groups in total. The number of alkyl halides is 6. The maximum Gasteiger partial charge on any atom is 0.417 e. The number of anilines is 4. The van der Waals surface area contributed by atoms with Gasteiger partial charge in [0.1, 0.15) is 70.1 Å². The van der Waals surface area contributed by atoms with Gasteiger partial charge in [-0.15, -0.1) is 0 Å². The number of hydrogen-bond donors (Lipinski definition) is 6. The Kier molecular flexibility index (Phi) is 11.7. The van der Waals surface area contributed by atoms with E-state index in [0.29, 0.717) is 71.7 Å². The number of nitrogens with one attached hydrogen (secondary N) is 3. The Labute approximate surface area is 423 Å². The molecule has 6 unspecified atom stereocenters. The molecule has 4 aliphatic heterocycles. The lowest BCUT2D eigenvalue weighted by molar-refractivity contribution is -0.139. The van der Waals surface area contributed by atoms with Gasteiger partial charge in [0, 0.05) is 59.3 Å². The molecule has 2 amide bonds. The maximum atomic E-state index is 13.2. The van der Waals surface area contributed by atoms with Crippen LogP contribution in [0.15, 0.2) is 85.2 Å². The van der Waals surface area contributed by atoms with Gasteiger partial charge >= 0.3 is 18.3 Å². The highest BCUT2D eigenvalue weighted by atomic mass is 35.5. The molecule has 2 aliphatic carbocycles. The highest BCUT2D eigenvalue weighted by Crippen LogP contribution is 2.63. The minimum atomic E-state index is -4.55. The Morgan fingerprint density at radius 3 is 1.73 bits per heavy atom. The largest absolute Gasteiger partial charge is 0.489 e. The molecule has 0 spiro atoms. The van der Waals surface area contributed by atoms with E-state index in [2.05, 4.69) is 30.6 Å². The van der Waals surface area contributed by atoms with Crippen LogP contribution in [0, 0.1) is 5.92 Å². The van der Waals surface area contributed by atoms with Crippen LogP contribution in [-0.4, -0.2) is 55.0 Å². The number of ether oxygens (including phenoxy) is 4. The topological polar surface area (TPSA) is 239 Å². The zero-order chi connectivity index (χ0) is 52.1. The Morgan fingerprint density at radius 1 is 0.662 bits per heavy atom. The van der Waals surface area contributed by atoms with E-state index >= 15 is 0 Å². The molecule has 74 heavy (non-hydrogen) atoms. The summed E-state index contributed by atoms with van der Waals surface area (Å²) in [6, 6.07) is 18.5. The molecule has 2 fully saturated rings. The monoisotopic (exact) mass is 1060 g/mol. The minimum Gasteiger partial charge on any atom is -0.489 e. The molecule has 4 aromatic carbocycles. The molecule has 2 saturated carbocycles. The van der Waals surface area contributed by atoms with Crippen molar-refractivity contribution in [3.8, 4) is 34.5 Å². The van der Waals surface area contributed by atoms with Crippen molar-refractivity contribution in [2.24, 2.45) is 5.92 Å². The van der Waals surface area contributed by atoms with Gasteiger partial charge in [0.2, 0.25) is 11.8 Å². The summed E-state index contributed by atoms with van der Waals surface area (Å²) in [5.74, 6) is 3.95. The first-order chi connectivity index (χ1) is 35.2. The summed E-state index contributed by atoms with van der Waals surface area (Å²) in [5.41, 5.74) is 12.7. The number of carbonyl (C=O) groups excluding carboxylic acids is 2. The lowest BCUT2D eigenvalue weighted by atomic mass is 10.1. The predicted molar refractivity (Wildman–Crippen MR) is 255 cm³/mol. The number of aliphatic carboxylic acids is 1. The van der Waals surface area contributed by atoms with Crippen molar-refractivity contribution in [3.63, 3.8) is 0 Å². The van der Waals surface area contributed by atoms with E-state index in [9.17, 15) is 45.8 Å². The van der Waals surface area contributed by atoms with E-state index in [0.717, 1.165) is 52.0 Å². The molecule has 380 valence electrons. The first kappa shape index (κ1) is 48.3. The number of carboxylic acids is 1. The number of carboxylic acid groups (broad SMARTS) is 1. The summed E-state index contributed by atoms with van der Waals surface area (Å²) in [7, 11) is 0. The highest BCUT2D eigenvalue weighted by Gasteiger charge is 2.63. The molecule has 3 aromatic heterocycles.